The minimum atomic E-state index is -0.856. The summed E-state index contributed by atoms with van der Waals surface area (Å²) in [7, 11) is 0. The fourth-order valence-electron chi connectivity index (χ4n) is 6.58. The number of allylic oxidation sites excluding steroid dienone is 1. The molecule has 8 heteroatoms. The fraction of sp³-hybridized carbons (Fsp3) is 0.697. The van der Waals surface area contributed by atoms with Crippen LogP contribution < -0.4 is 0 Å². The van der Waals surface area contributed by atoms with Crippen LogP contribution in [0.3, 0.4) is 0 Å². The predicted molar refractivity (Wildman–Crippen MR) is 154 cm³/mol. The summed E-state index contributed by atoms with van der Waals surface area (Å²) in [6, 6.07) is 0. The topological polar surface area (TPSA) is 105 Å². The van der Waals surface area contributed by atoms with E-state index in [1.54, 1.807) is 26.8 Å². The molecule has 0 aromatic heterocycles. The Morgan fingerprint density at radius 1 is 0.927 bits per heavy atom. The van der Waals surface area contributed by atoms with Crippen molar-refractivity contribution in [2.45, 2.75) is 117 Å². The average Bonchev–Trinajstić information content (AvgIpc) is 2.84. The maximum atomic E-state index is 12.8. The molecule has 4 aliphatic carbocycles. The summed E-state index contributed by atoms with van der Waals surface area (Å²) in [6.45, 7) is 20.2. The average molecular weight is 573 g/mol. The number of esters is 4. The molecule has 0 aromatic carbocycles. The van der Waals surface area contributed by atoms with Crippen LogP contribution in [0.4, 0.5) is 0 Å². The van der Waals surface area contributed by atoms with Crippen molar-refractivity contribution in [2.24, 2.45) is 23.7 Å². The van der Waals surface area contributed by atoms with E-state index in [1.165, 1.54) is 32.1 Å². The minimum absolute atomic E-state index is 0.0493. The van der Waals surface area contributed by atoms with Gasteiger partial charge in [0.15, 0.2) is 0 Å². The highest BCUT2D eigenvalue weighted by atomic mass is 16.6. The Labute approximate surface area is 244 Å². The summed E-state index contributed by atoms with van der Waals surface area (Å²) < 4.78 is 21.5. The van der Waals surface area contributed by atoms with Crippen molar-refractivity contribution in [3.63, 3.8) is 0 Å². The number of ether oxygens (including phenoxy) is 4. The van der Waals surface area contributed by atoms with Crippen LogP contribution in [0, 0.1) is 23.7 Å². The lowest BCUT2D eigenvalue weighted by molar-refractivity contribution is -0.199. The number of hydrogen-bond donors (Lipinski definition) is 0. The van der Waals surface area contributed by atoms with Gasteiger partial charge < -0.3 is 18.9 Å². The number of rotatable bonds is 7. The van der Waals surface area contributed by atoms with Gasteiger partial charge in [0.2, 0.25) is 0 Å². The van der Waals surface area contributed by atoms with Crippen LogP contribution in [0.5, 0.6) is 0 Å². The summed E-state index contributed by atoms with van der Waals surface area (Å²) in [5, 5.41) is 0. The van der Waals surface area contributed by atoms with Crippen LogP contribution >= 0.6 is 0 Å². The quantitative estimate of drug-likeness (QED) is 0.202. The first-order valence-corrected chi connectivity index (χ1v) is 14.8. The Balaban J connectivity index is 0.000000397. The van der Waals surface area contributed by atoms with E-state index >= 15 is 0 Å². The Bertz CT molecular complexity index is 1080. The molecule has 0 spiro atoms. The van der Waals surface area contributed by atoms with Crippen molar-refractivity contribution in [1.29, 1.82) is 0 Å². The van der Waals surface area contributed by atoms with Gasteiger partial charge in [-0.3, -0.25) is 4.79 Å². The van der Waals surface area contributed by atoms with E-state index < -0.39 is 22.8 Å². The Hall–Kier alpha value is -2.90. The van der Waals surface area contributed by atoms with Crippen LogP contribution in [0.15, 0.2) is 36.0 Å². The van der Waals surface area contributed by atoms with Crippen LogP contribution in [0.25, 0.3) is 0 Å². The van der Waals surface area contributed by atoms with Gasteiger partial charge in [-0.2, -0.15) is 0 Å². The zero-order valence-corrected chi connectivity index (χ0v) is 25.9. The van der Waals surface area contributed by atoms with E-state index in [-0.39, 0.29) is 37.4 Å². The second-order valence-electron chi connectivity index (χ2n) is 13.8. The van der Waals surface area contributed by atoms with Gasteiger partial charge in [0, 0.05) is 23.1 Å². The first-order valence-electron chi connectivity index (χ1n) is 14.8. The molecule has 1 atom stereocenters. The molecule has 1 saturated heterocycles. The third-order valence-corrected chi connectivity index (χ3v) is 8.84. The maximum Gasteiger partial charge on any atom is 0.334 e. The van der Waals surface area contributed by atoms with Crippen molar-refractivity contribution < 1.29 is 38.1 Å². The monoisotopic (exact) mass is 572 g/mol. The summed E-state index contributed by atoms with van der Waals surface area (Å²) >= 11 is 0. The highest BCUT2D eigenvalue weighted by Crippen LogP contribution is 2.59. The second-order valence-corrected chi connectivity index (χ2v) is 13.8. The zero-order valence-electron chi connectivity index (χ0n) is 25.9. The van der Waals surface area contributed by atoms with Gasteiger partial charge in [0.1, 0.15) is 16.8 Å². The van der Waals surface area contributed by atoms with Crippen LogP contribution in [0.1, 0.15) is 99.8 Å². The van der Waals surface area contributed by atoms with Gasteiger partial charge in [0.05, 0.1) is 13.0 Å². The molecular weight excluding hydrogens is 524 g/mol. The normalized spacial score (nSPS) is 32.2. The van der Waals surface area contributed by atoms with E-state index in [0.29, 0.717) is 35.0 Å². The fourth-order valence-corrected chi connectivity index (χ4v) is 6.58. The zero-order chi connectivity index (χ0) is 30.8. The van der Waals surface area contributed by atoms with Crippen molar-refractivity contribution >= 4 is 23.9 Å². The van der Waals surface area contributed by atoms with Gasteiger partial charge in [-0.05, 0) is 111 Å². The number of carbonyl (C=O) groups is 4. The predicted octanol–water partition coefficient (Wildman–Crippen LogP) is 6.18. The third-order valence-electron chi connectivity index (χ3n) is 8.84. The Morgan fingerprint density at radius 2 is 1.49 bits per heavy atom. The number of hydrogen-bond acceptors (Lipinski definition) is 8. The van der Waals surface area contributed by atoms with Gasteiger partial charge in [-0.1, -0.05) is 19.2 Å². The van der Waals surface area contributed by atoms with Gasteiger partial charge in [-0.25, -0.2) is 14.4 Å². The Morgan fingerprint density at radius 3 is 1.95 bits per heavy atom. The molecule has 41 heavy (non-hydrogen) atoms. The van der Waals surface area contributed by atoms with E-state index in [1.807, 2.05) is 20.8 Å². The van der Waals surface area contributed by atoms with Gasteiger partial charge >= 0.3 is 23.9 Å². The molecule has 5 fully saturated rings. The summed E-state index contributed by atoms with van der Waals surface area (Å²) in [5.41, 5.74) is -0.490. The standard InChI is InChI=1S/C25H34O6.C8H14O2/c1-15(22(27)30-24(3)7-8-29-21(26)14-24)5-6-16(2)23(28)31-25(4)19-10-17-9-18(12-19)13-20(25)11-17;1-6(2)7(9)10-8(3,4)5/h5,17-20H,2,6-14H2,1,3-4H3;1H2,2-5H3. The lowest BCUT2D eigenvalue weighted by Crippen LogP contribution is -2.58. The molecule has 8 nitrogen and oxygen atoms in total. The lowest BCUT2D eigenvalue weighted by Gasteiger charge is -2.59. The van der Waals surface area contributed by atoms with Gasteiger partial charge in [0.25, 0.3) is 0 Å². The lowest BCUT2D eigenvalue weighted by atomic mass is 9.50. The highest BCUT2D eigenvalue weighted by molar-refractivity contribution is 5.91. The van der Waals surface area contributed by atoms with Crippen molar-refractivity contribution in [3.8, 4) is 0 Å². The molecule has 1 aliphatic heterocycles. The van der Waals surface area contributed by atoms with E-state index in [0.717, 1.165) is 11.8 Å². The van der Waals surface area contributed by atoms with Crippen LogP contribution in [0.2, 0.25) is 0 Å². The molecule has 0 amide bonds. The van der Waals surface area contributed by atoms with Gasteiger partial charge in [-0.15, -0.1) is 0 Å². The molecule has 5 aliphatic rings. The van der Waals surface area contributed by atoms with Crippen molar-refractivity contribution in [1.82, 2.24) is 0 Å². The first-order chi connectivity index (χ1) is 18.9. The molecular formula is C33H48O8. The van der Waals surface area contributed by atoms with Crippen molar-refractivity contribution in [3.05, 3.63) is 36.0 Å². The Kier molecular flexibility index (Phi) is 9.97. The highest BCUT2D eigenvalue weighted by Gasteiger charge is 2.57. The maximum absolute atomic E-state index is 12.8. The second kappa shape index (κ2) is 12.5. The smallest absolute Gasteiger partial charge is 0.334 e. The molecule has 0 aromatic rings. The number of carbonyl (C=O) groups excluding carboxylic acids is 4. The minimum Gasteiger partial charge on any atom is -0.465 e. The molecule has 5 rings (SSSR count). The third kappa shape index (κ3) is 8.55. The summed E-state index contributed by atoms with van der Waals surface area (Å²) in [6.07, 6.45) is 8.42. The molecule has 0 N–H and O–H groups in total. The van der Waals surface area contributed by atoms with Crippen molar-refractivity contribution in [2.75, 3.05) is 6.61 Å². The molecule has 1 unspecified atom stereocenters. The largest absolute Gasteiger partial charge is 0.465 e. The molecule has 4 bridgehead atoms. The van der Waals surface area contributed by atoms with Crippen LogP contribution in [-0.2, 0) is 38.1 Å². The molecule has 228 valence electrons. The molecule has 4 saturated carbocycles. The SMILES string of the molecule is C=C(C)C(=O)OC(C)(C)C.C=C(CC=C(C)C(=O)OC1(C)CCOC(=O)C1)C(=O)OC1(C)C2CC3CC(C2)CC1C3. The molecule has 1 heterocycles. The first kappa shape index (κ1) is 32.6. The van der Waals surface area contributed by atoms with E-state index in [4.69, 9.17) is 18.9 Å². The van der Waals surface area contributed by atoms with E-state index in [2.05, 4.69) is 20.1 Å². The summed E-state index contributed by atoms with van der Waals surface area (Å²) in [4.78, 5) is 47.6. The number of cyclic esters (lactones) is 1. The summed E-state index contributed by atoms with van der Waals surface area (Å²) in [5.74, 6) is 0.973. The van der Waals surface area contributed by atoms with Crippen LogP contribution in [-0.4, -0.2) is 47.3 Å². The molecule has 0 radical (unpaired) electrons. The van der Waals surface area contributed by atoms with E-state index in [9.17, 15) is 19.2 Å².